The molecule has 0 saturated carbocycles. The van der Waals surface area contributed by atoms with E-state index < -0.39 is 0 Å². The molecule has 1 heterocycles. The van der Waals surface area contributed by atoms with Crippen molar-refractivity contribution < 1.29 is 0 Å². The highest BCUT2D eigenvalue weighted by Gasteiger charge is 2.15. The first-order valence-corrected chi connectivity index (χ1v) is 7.11. The molecular weight excluding hydrogens is 232 g/mol. The number of aromatic nitrogens is 1. The quantitative estimate of drug-likeness (QED) is 0.813. The smallest absolute Gasteiger partial charge is 0.0153 e. The molecule has 0 aliphatic heterocycles. The molecule has 0 radical (unpaired) electrons. The molecule has 0 bridgehead atoms. The molecule has 0 saturated heterocycles. The zero-order valence-corrected chi connectivity index (χ0v) is 11.9. The van der Waals surface area contributed by atoms with E-state index in [0.29, 0.717) is 5.92 Å². The molecule has 1 aromatic heterocycles. The minimum absolute atomic E-state index is 0.565. The van der Waals surface area contributed by atoms with E-state index in [2.05, 4.69) is 55.2 Å². The molecule has 2 heteroatoms. The van der Waals surface area contributed by atoms with Crippen molar-refractivity contribution in [2.75, 3.05) is 6.54 Å². The number of H-pyrrole nitrogens is 1. The van der Waals surface area contributed by atoms with Gasteiger partial charge < -0.3 is 10.7 Å². The molecule has 0 fully saturated rings. The maximum atomic E-state index is 5.78. The molecule has 2 aromatic rings. The van der Waals surface area contributed by atoms with Gasteiger partial charge in [-0.2, -0.15) is 0 Å². The zero-order valence-electron chi connectivity index (χ0n) is 11.9. The molecule has 2 nitrogen and oxygen atoms in total. The van der Waals surface area contributed by atoms with E-state index in [1.165, 1.54) is 28.9 Å². The van der Waals surface area contributed by atoms with Gasteiger partial charge in [0.1, 0.15) is 0 Å². The Hall–Kier alpha value is -1.54. The van der Waals surface area contributed by atoms with Crippen LogP contribution in [0.5, 0.6) is 0 Å². The first-order valence-electron chi connectivity index (χ1n) is 7.11. The van der Waals surface area contributed by atoms with E-state index in [-0.39, 0.29) is 0 Å². The molecule has 0 spiro atoms. The molecular formula is C17H24N2. The van der Waals surface area contributed by atoms with Gasteiger partial charge in [-0.25, -0.2) is 0 Å². The minimum Gasteiger partial charge on any atom is -0.362 e. The second-order valence-electron chi connectivity index (χ2n) is 5.33. The van der Waals surface area contributed by atoms with Gasteiger partial charge in [-0.15, -0.1) is 0 Å². The zero-order chi connectivity index (χ0) is 13.7. The van der Waals surface area contributed by atoms with Crippen molar-refractivity contribution in [3.8, 4) is 0 Å². The normalized spacial score (nSPS) is 12.6. The maximum Gasteiger partial charge on any atom is 0.0153 e. The Balaban J connectivity index is 2.06. The summed E-state index contributed by atoms with van der Waals surface area (Å²) in [6.45, 7) is 5.03. The highest BCUT2D eigenvalue weighted by atomic mass is 14.7. The van der Waals surface area contributed by atoms with E-state index in [4.69, 9.17) is 5.73 Å². The van der Waals surface area contributed by atoms with Gasteiger partial charge in [-0.3, -0.25) is 0 Å². The molecule has 102 valence electrons. The lowest BCUT2D eigenvalue weighted by Gasteiger charge is -2.16. The predicted octanol–water partition coefficient (Wildman–Crippen LogP) is 3.70. The van der Waals surface area contributed by atoms with Gasteiger partial charge in [0.25, 0.3) is 0 Å². The van der Waals surface area contributed by atoms with Crippen molar-refractivity contribution in [2.45, 2.75) is 39.0 Å². The molecule has 2 rings (SSSR count). The SMILES string of the molecule is Cc1cc(C(CCN)CCc2ccccc2)c(C)[nH]1. The van der Waals surface area contributed by atoms with Gasteiger partial charge in [0, 0.05) is 11.4 Å². The van der Waals surface area contributed by atoms with Crippen LogP contribution >= 0.6 is 0 Å². The Kier molecular flexibility index (Phi) is 4.80. The van der Waals surface area contributed by atoms with Crippen LogP contribution in [-0.4, -0.2) is 11.5 Å². The van der Waals surface area contributed by atoms with Crippen LogP contribution < -0.4 is 5.73 Å². The topological polar surface area (TPSA) is 41.8 Å². The standard InChI is InChI=1S/C17H24N2/c1-13-12-17(14(2)19-13)16(10-11-18)9-8-15-6-4-3-5-7-15/h3-7,12,16,19H,8-11,18H2,1-2H3. The van der Waals surface area contributed by atoms with Gasteiger partial charge in [-0.1, -0.05) is 30.3 Å². The molecule has 19 heavy (non-hydrogen) atoms. The van der Waals surface area contributed by atoms with Crippen LogP contribution in [0.4, 0.5) is 0 Å². The fraction of sp³-hybridized carbons (Fsp3) is 0.412. The highest BCUT2D eigenvalue weighted by Crippen LogP contribution is 2.28. The number of hydrogen-bond donors (Lipinski definition) is 2. The van der Waals surface area contributed by atoms with Gasteiger partial charge in [0.2, 0.25) is 0 Å². The first kappa shape index (κ1) is 13.9. The number of aryl methyl sites for hydroxylation is 3. The maximum absolute atomic E-state index is 5.78. The van der Waals surface area contributed by atoms with E-state index >= 15 is 0 Å². The lowest BCUT2D eigenvalue weighted by atomic mass is 9.89. The van der Waals surface area contributed by atoms with Crippen LogP contribution in [-0.2, 0) is 6.42 Å². The molecule has 1 unspecified atom stereocenters. The van der Waals surface area contributed by atoms with Crippen molar-refractivity contribution >= 4 is 0 Å². The summed E-state index contributed by atoms with van der Waals surface area (Å²) in [7, 11) is 0. The second-order valence-corrected chi connectivity index (χ2v) is 5.33. The second kappa shape index (κ2) is 6.58. The van der Waals surface area contributed by atoms with Crippen LogP contribution in [0, 0.1) is 13.8 Å². The molecule has 0 amide bonds. The van der Waals surface area contributed by atoms with Gasteiger partial charge in [0.15, 0.2) is 0 Å². The lowest BCUT2D eigenvalue weighted by Crippen LogP contribution is -2.09. The third-order valence-electron chi connectivity index (χ3n) is 3.77. The third-order valence-corrected chi connectivity index (χ3v) is 3.77. The summed E-state index contributed by atoms with van der Waals surface area (Å²) in [5.74, 6) is 0.565. The molecule has 1 aromatic carbocycles. The summed E-state index contributed by atoms with van der Waals surface area (Å²) in [4.78, 5) is 3.40. The molecule has 0 aliphatic rings. The Labute approximate surface area is 116 Å². The summed E-state index contributed by atoms with van der Waals surface area (Å²) in [6.07, 6.45) is 3.35. The Morgan fingerprint density at radius 2 is 1.84 bits per heavy atom. The monoisotopic (exact) mass is 256 g/mol. The van der Waals surface area contributed by atoms with Crippen molar-refractivity contribution in [3.63, 3.8) is 0 Å². The fourth-order valence-electron chi connectivity index (χ4n) is 2.81. The first-order chi connectivity index (χ1) is 9.20. The van der Waals surface area contributed by atoms with Gasteiger partial charge >= 0.3 is 0 Å². The van der Waals surface area contributed by atoms with Crippen molar-refractivity contribution in [2.24, 2.45) is 5.73 Å². The average Bonchev–Trinajstić information content (AvgIpc) is 2.75. The summed E-state index contributed by atoms with van der Waals surface area (Å²) in [5.41, 5.74) is 11.2. The third kappa shape index (κ3) is 3.71. The summed E-state index contributed by atoms with van der Waals surface area (Å²) < 4.78 is 0. The van der Waals surface area contributed by atoms with Crippen LogP contribution in [0.15, 0.2) is 36.4 Å². The minimum atomic E-state index is 0.565. The lowest BCUT2D eigenvalue weighted by molar-refractivity contribution is 0.582. The number of benzene rings is 1. The Morgan fingerprint density at radius 1 is 1.11 bits per heavy atom. The highest BCUT2D eigenvalue weighted by molar-refractivity contribution is 5.28. The molecule has 3 N–H and O–H groups in total. The van der Waals surface area contributed by atoms with E-state index in [1.54, 1.807) is 0 Å². The molecule has 0 aliphatic carbocycles. The Morgan fingerprint density at radius 3 is 2.42 bits per heavy atom. The van der Waals surface area contributed by atoms with Crippen LogP contribution in [0.25, 0.3) is 0 Å². The number of rotatable bonds is 6. The van der Waals surface area contributed by atoms with Gasteiger partial charge in [-0.05, 0) is 62.8 Å². The fourth-order valence-corrected chi connectivity index (χ4v) is 2.81. The molecule has 1 atom stereocenters. The van der Waals surface area contributed by atoms with E-state index in [0.717, 1.165) is 19.4 Å². The van der Waals surface area contributed by atoms with Crippen molar-refractivity contribution in [3.05, 3.63) is 58.9 Å². The Bertz CT molecular complexity index is 499. The number of hydrogen-bond acceptors (Lipinski definition) is 1. The van der Waals surface area contributed by atoms with E-state index in [9.17, 15) is 0 Å². The number of nitrogens with two attached hydrogens (primary N) is 1. The number of nitrogens with one attached hydrogen (secondary N) is 1. The summed E-state index contributed by atoms with van der Waals surface area (Å²) in [5, 5.41) is 0. The van der Waals surface area contributed by atoms with E-state index in [1.807, 2.05) is 0 Å². The van der Waals surface area contributed by atoms with Crippen LogP contribution in [0.1, 0.15) is 41.3 Å². The van der Waals surface area contributed by atoms with Gasteiger partial charge in [0.05, 0.1) is 0 Å². The summed E-state index contributed by atoms with van der Waals surface area (Å²) in [6, 6.07) is 13.0. The van der Waals surface area contributed by atoms with Crippen molar-refractivity contribution in [1.82, 2.24) is 4.98 Å². The van der Waals surface area contributed by atoms with Crippen LogP contribution in [0.2, 0.25) is 0 Å². The van der Waals surface area contributed by atoms with Crippen molar-refractivity contribution in [1.29, 1.82) is 0 Å². The summed E-state index contributed by atoms with van der Waals surface area (Å²) >= 11 is 0. The predicted molar refractivity (Wildman–Crippen MR) is 81.4 cm³/mol. The average molecular weight is 256 g/mol. The number of aromatic amines is 1. The largest absolute Gasteiger partial charge is 0.362 e. The van der Waals surface area contributed by atoms with Crippen LogP contribution in [0.3, 0.4) is 0 Å².